The SMILES string of the molecule is CC(C)NC(=O)CNC(=O)C1COCCO1. The molecule has 1 fully saturated rings. The maximum atomic E-state index is 11.5. The number of amides is 2. The molecule has 92 valence electrons. The van der Waals surface area contributed by atoms with Crippen LogP contribution in [-0.4, -0.2) is 50.3 Å². The van der Waals surface area contributed by atoms with Crippen LogP contribution in [0.4, 0.5) is 0 Å². The van der Waals surface area contributed by atoms with Crippen molar-refractivity contribution >= 4 is 11.8 Å². The summed E-state index contributed by atoms with van der Waals surface area (Å²) in [5.74, 6) is -0.515. The summed E-state index contributed by atoms with van der Waals surface area (Å²) in [7, 11) is 0. The second-order valence-electron chi connectivity index (χ2n) is 3.87. The minimum Gasteiger partial charge on any atom is -0.376 e. The van der Waals surface area contributed by atoms with Crippen LogP contribution in [0.1, 0.15) is 13.8 Å². The number of carbonyl (C=O) groups is 2. The van der Waals surface area contributed by atoms with Crippen LogP contribution in [0.15, 0.2) is 0 Å². The molecule has 6 nitrogen and oxygen atoms in total. The smallest absolute Gasteiger partial charge is 0.251 e. The molecule has 6 heteroatoms. The number of carbonyl (C=O) groups excluding carboxylic acids is 2. The van der Waals surface area contributed by atoms with Crippen molar-refractivity contribution in [2.45, 2.75) is 26.0 Å². The van der Waals surface area contributed by atoms with E-state index in [1.165, 1.54) is 0 Å². The Morgan fingerprint density at radius 1 is 1.38 bits per heavy atom. The largest absolute Gasteiger partial charge is 0.376 e. The monoisotopic (exact) mass is 230 g/mol. The minimum absolute atomic E-state index is 0.0309. The first kappa shape index (κ1) is 12.9. The highest BCUT2D eigenvalue weighted by Gasteiger charge is 2.22. The molecular weight excluding hydrogens is 212 g/mol. The van der Waals surface area contributed by atoms with Crippen LogP contribution in [0.5, 0.6) is 0 Å². The van der Waals surface area contributed by atoms with Gasteiger partial charge in [-0.05, 0) is 13.8 Å². The van der Waals surface area contributed by atoms with Crippen LogP contribution in [0.2, 0.25) is 0 Å². The highest BCUT2D eigenvalue weighted by atomic mass is 16.6. The number of hydrogen-bond acceptors (Lipinski definition) is 4. The molecule has 0 aromatic rings. The molecule has 0 radical (unpaired) electrons. The fourth-order valence-corrected chi connectivity index (χ4v) is 1.29. The topological polar surface area (TPSA) is 76.7 Å². The lowest BCUT2D eigenvalue weighted by Gasteiger charge is -2.22. The number of ether oxygens (including phenoxy) is 2. The van der Waals surface area contributed by atoms with Gasteiger partial charge in [0, 0.05) is 6.04 Å². The lowest BCUT2D eigenvalue weighted by Crippen LogP contribution is -2.46. The van der Waals surface area contributed by atoms with Gasteiger partial charge in [0.15, 0.2) is 6.10 Å². The van der Waals surface area contributed by atoms with Gasteiger partial charge in [-0.2, -0.15) is 0 Å². The van der Waals surface area contributed by atoms with E-state index in [1.54, 1.807) is 0 Å². The molecule has 1 atom stereocenters. The lowest BCUT2D eigenvalue weighted by molar-refractivity contribution is -0.148. The third-order valence-corrected chi connectivity index (χ3v) is 1.98. The Bertz CT molecular complexity index is 249. The molecule has 0 spiro atoms. The first-order valence-corrected chi connectivity index (χ1v) is 5.36. The maximum Gasteiger partial charge on any atom is 0.251 e. The molecule has 0 saturated carbocycles. The molecule has 0 bridgehead atoms. The van der Waals surface area contributed by atoms with Gasteiger partial charge in [-0.3, -0.25) is 9.59 Å². The molecule has 1 rings (SSSR count). The van der Waals surface area contributed by atoms with Gasteiger partial charge in [0.1, 0.15) is 0 Å². The van der Waals surface area contributed by atoms with E-state index in [4.69, 9.17) is 9.47 Å². The summed E-state index contributed by atoms with van der Waals surface area (Å²) in [6.45, 7) is 4.86. The summed E-state index contributed by atoms with van der Waals surface area (Å²) in [6, 6.07) is 0.0682. The Morgan fingerprint density at radius 3 is 2.69 bits per heavy atom. The average molecular weight is 230 g/mol. The highest BCUT2D eigenvalue weighted by molar-refractivity contribution is 5.87. The summed E-state index contributed by atoms with van der Waals surface area (Å²) in [4.78, 5) is 22.7. The van der Waals surface area contributed by atoms with E-state index in [-0.39, 0.29) is 31.0 Å². The van der Waals surface area contributed by atoms with Crippen molar-refractivity contribution in [3.8, 4) is 0 Å². The molecule has 0 aliphatic carbocycles. The fraction of sp³-hybridized carbons (Fsp3) is 0.800. The van der Waals surface area contributed by atoms with Crippen LogP contribution >= 0.6 is 0 Å². The van der Waals surface area contributed by atoms with Gasteiger partial charge in [0.05, 0.1) is 26.4 Å². The van der Waals surface area contributed by atoms with E-state index in [2.05, 4.69) is 10.6 Å². The Balaban J connectivity index is 2.21. The molecule has 0 aromatic heterocycles. The van der Waals surface area contributed by atoms with E-state index < -0.39 is 6.10 Å². The second-order valence-corrected chi connectivity index (χ2v) is 3.87. The molecule has 16 heavy (non-hydrogen) atoms. The molecule has 0 aromatic carbocycles. The lowest BCUT2D eigenvalue weighted by atomic mass is 10.3. The van der Waals surface area contributed by atoms with Crippen molar-refractivity contribution in [2.75, 3.05) is 26.4 Å². The average Bonchev–Trinajstić information content (AvgIpc) is 2.26. The maximum absolute atomic E-state index is 11.5. The Hall–Kier alpha value is -1.14. The van der Waals surface area contributed by atoms with Crippen LogP contribution in [0.25, 0.3) is 0 Å². The molecule has 1 aliphatic heterocycles. The third kappa shape index (κ3) is 4.59. The summed E-state index contributed by atoms with van der Waals surface area (Å²) < 4.78 is 10.3. The van der Waals surface area contributed by atoms with Crippen molar-refractivity contribution in [2.24, 2.45) is 0 Å². The standard InChI is InChI=1S/C10H18N2O4/c1-7(2)12-9(13)5-11-10(14)8-6-15-3-4-16-8/h7-8H,3-6H2,1-2H3,(H,11,14)(H,12,13). The van der Waals surface area contributed by atoms with Gasteiger partial charge in [0.2, 0.25) is 5.91 Å². The highest BCUT2D eigenvalue weighted by Crippen LogP contribution is 1.99. The van der Waals surface area contributed by atoms with Crippen LogP contribution < -0.4 is 10.6 Å². The quantitative estimate of drug-likeness (QED) is 0.652. The van der Waals surface area contributed by atoms with Gasteiger partial charge in [-0.1, -0.05) is 0 Å². The summed E-state index contributed by atoms with van der Waals surface area (Å²) in [5, 5.41) is 5.18. The van der Waals surface area contributed by atoms with Crippen LogP contribution in [0.3, 0.4) is 0 Å². The van der Waals surface area contributed by atoms with Crippen LogP contribution in [0, 0.1) is 0 Å². The van der Waals surface area contributed by atoms with Crippen molar-refractivity contribution in [3.63, 3.8) is 0 Å². The van der Waals surface area contributed by atoms with Gasteiger partial charge < -0.3 is 20.1 Å². The Kier molecular flexibility index (Phi) is 5.21. The van der Waals surface area contributed by atoms with E-state index in [0.29, 0.717) is 13.2 Å². The third-order valence-electron chi connectivity index (χ3n) is 1.98. The summed E-state index contributed by atoms with van der Waals surface area (Å²) in [6.07, 6.45) is -0.597. The molecule has 1 heterocycles. The molecule has 1 saturated heterocycles. The van der Waals surface area contributed by atoms with Gasteiger partial charge in [-0.15, -0.1) is 0 Å². The predicted molar refractivity (Wildman–Crippen MR) is 56.8 cm³/mol. The fourth-order valence-electron chi connectivity index (χ4n) is 1.29. The van der Waals surface area contributed by atoms with E-state index in [1.807, 2.05) is 13.8 Å². The van der Waals surface area contributed by atoms with Crippen molar-refractivity contribution in [1.29, 1.82) is 0 Å². The second kappa shape index (κ2) is 6.44. The molecule has 1 aliphatic rings. The summed E-state index contributed by atoms with van der Waals surface area (Å²) in [5.41, 5.74) is 0. The van der Waals surface area contributed by atoms with Crippen molar-refractivity contribution in [1.82, 2.24) is 10.6 Å². The van der Waals surface area contributed by atoms with Gasteiger partial charge in [-0.25, -0.2) is 0 Å². The van der Waals surface area contributed by atoms with Gasteiger partial charge in [0.25, 0.3) is 5.91 Å². The first-order valence-electron chi connectivity index (χ1n) is 5.36. The molecule has 2 N–H and O–H groups in total. The molecular formula is C10H18N2O4. The van der Waals surface area contributed by atoms with E-state index in [0.717, 1.165) is 0 Å². The molecule has 2 amide bonds. The number of nitrogens with one attached hydrogen (secondary N) is 2. The Labute approximate surface area is 94.7 Å². The van der Waals surface area contributed by atoms with Crippen molar-refractivity contribution in [3.05, 3.63) is 0 Å². The van der Waals surface area contributed by atoms with Gasteiger partial charge >= 0.3 is 0 Å². The van der Waals surface area contributed by atoms with Crippen LogP contribution in [-0.2, 0) is 19.1 Å². The first-order chi connectivity index (χ1) is 7.59. The Morgan fingerprint density at radius 2 is 2.12 bits per heavy atom. The zero-order valence-electron chi connectivity index (χ0n) is 9.62. The normalized spacial score (nSPS) is 20.6. The number of hydrogen-bond donors (Lipinski definition) is 2. The van der Waals surface area contributed by atoms with E-state index >= 15 is 0 Å². The summed E-state index contributed by atoms with van der Waals surface area (Å²) >= 11 is 0. The van der Waals surface area contributed by atoms with Crippen molar-refractivity contribution < 1.29 is 19.1 Å². The zero-order valence-corrected chi connectivity index (χ0v) is 9.62. The molecule has 1 unspecified atom stereocenters. The minimum atomic E-state index is -0.597. The van der Waals surface area contributed by atoms with E-state index in [9.17, 15) is 9.59 Å². The predicted octanol–water partition coefficient (Wildman–Crippen LogP) is -0.957. The zero-order chi connectivity index (χ0) is 12.0. The number of rotatable bonds is 4.